The first-order valence-corrected chi connectivity index (χ1v) is 8.32. The van der Waals surface area contributed by atoms with Crippen molar-refractivity contribution in [1.29, 1.82) is 0 Å². The summed E-state index contributed by atoms with van der Waals surface area (Å²) < 4.78 is 53.2. The average molecular weight is 411 g/mol. The summed E-state index contributed by atoms with van der Waals surface area (Å²) in [4.78, 5) is 14.6. The van der Waals surface area contributed by atoms with Crippen LogP contribution in [-0.4, -0.2) is 32.5 Å². The Labute approximate surface area is 154 Å². The van der Waals surface area contributed by atoms with E-state index in [1.165, 1.54) is 12.3 Å². The van der Waals surface area contributed by atoms with E-state index in [1.807, 2.05) is 0 Å². The van der Waals surface area contributed by atoms with Gasteiger partial charge in [-0.25, -0.2) is 14.0 Å². The van der Waals surface area contributed by atoms with Crippen LogP contribution in [0.25, 0.3) is 0 Å². The van der Waals surface area contributed by atoms with Crippen LogP contribution in [0, 0.1) is 6.92 Å². The SMILES string of the molecule is CO.Cc1cnc(C(=O)O)c(NS(=O)c2ccc(Cl)c(C(F)(F)F)c2)c1. The molecule has 0 aliphatic carbocycles. The van der Waals surface area contributed by atoms with Gasteiger partial charge in [0.15, 0.2) is 5.69 Å². The molecule has 6 nitrogen and oxygen atoms in total. The topological polar surface area (TPSA) is 99.5 Å². The highest BCUT2D eigenvalue weighted by molar-refractivity contribution is 7.86. The number of rotatable bonds is 4. The Bertz CT molecular complexity index is 831. The minimum Gasteiger partial charge on any atom is -0.476 e. The molecule has 1 heterocycles. The van der Waals surface area contributed by atoms with E-state index in [0.717, 1.165) is 19.2 Å². The van der Waals surface area contributed by atoms with Gasteiger partial charge in [-0.15, -0.1) is 0 Å². The van der Waals surface area contributed by atoms with Crippen molar-refractivity contribution in [3.05, 3.63) is 52.3 Å². The number of aryl methyl sites for hydroxylation is 1. The number of benzene rings is 1. The number of aliphatic hydroxyl groups is 1. The third-order valence-electron chi connectivity index (χ3n) is 2.89. The molecular weight excluding hydrogens is 397 g/mol. The summed E-state index contributed by atoms with van der Waals surface area (Å²) in [5.74, 6) is -1.36. The van der Waals surface area contributed by atoms with E-state index in [0.29, 0.717) is 11.6 Å². The molecule has 3 N–H and O–H groups in total. The molecule has 1 atom stereocenters. The molecular formula is C15H14ClF3N2O4S. The molecule has 0 saturated heterocycles. The maximum absolute atomic E-state index is 12.9. The van der Waals surface area contributed by atoms with Crippen molar-refractivity contribution in [2.75, 3.05) is 11.8 Å². The third kappa shape index (κ3) is 5.41. The fourth-order valence-electron chi connectivity index (χ4n) is 1.81. The number of aliphatic hydroxyl groups excluding tert-OH is 1. The Morgan fingerprint density at radius 1 is 1.27 bits per heavy atom. The molecule has 0 radical (unpaired) electrons. The van der Waals surface area contributed by atoms with E-state index in [4.69, 9.17) is 21.8 Å². The maximum Gasteiger partial charge on any atom is 0.417 e. The van der Waals surface area contributed by atoms with Gasteiger partial charge in [0.2, 0.25) is 0 Å². The van der Waals surface area contributed by atoms with Gasteiger partial charge >= 0.3 is 12.1 Å². The summed E-state index contributed by atoms with van der Waals surface area (Å²) in [5, 5.41) is 15.5. The Kier molecular flexibility index (Phi) is 7.54. The molecule has 0 aliphatic heterocycles. The zero-order valence-electron chi connectivity index (χ0n) is 13.5. The minimum atomic E-state index is -4.70. The molecule has 0 saturated carbocycles. The largest absolute Gasteiger partial charge is 0.476 e. The number of hydrogen-bond donors (Lipinski definition) is 3. The van der Waals surface area contributed by atoms with Gasteiger partial charge in [-0.1, -0.05) is 11.6 Å². The molecule has 1 unspecified atom stereocenters. The summed E-state index contributed by atoms with van der Waals surface area (Å²) in [6, 6.07) is 4.17. The van der Waals surface area contributed by atoms with E-state index < -0.39 is 33.7 Å². The fraction of sp³-hybridized carbons (Fsp3) is 0.200. The predicted molar refractivity (Wildman–Crippen MR) is 90.6 cm³/mol. The highest BCUT2D eigenvalue weighted by Crippen LogP contribution is 2.35. The Balaban J connectivity index is 0.00000163. The summed E-state index contributed by atoms with van der Waals surface area (Å²) >= 11 is 5.51. The molecule has 0 amide bonds. The van der Waals surface area contributed by atoms with Crippen LogP contribution >= 0.6 is 11.6 Å². The lowest BCUT2D eigenvalue weighted by molar-refractivity contribution is -0.137. The third-order valence-corrected chi connectivity index (χ3v) is 4.30. The summed E-state index contributed by atoms with van der Waals surface area (Å²) in [7, 11) is -1.13. The van der Waals surface area contributed by atoms with Crippen LogP contribution < -0.4 is 4.72 Å². The second kappa shape index (κ2) is 8.97. The maximum atomic E-state index is 12.9. The standard InChI is InChI=1S/C14H10ClF3N2O3S.CH4O/c1-7-4-11(12(13(21)22)19-6-7)20-24(23)8-2-3-10(15)9(5-8)14(16,17)18;1-2/h2-6,20H,1H3,(H,21,22);2H,1H3. The lowest BCUT2D eigenvalue weighted by Gasteiger charge is -2.12. The van der Waals surface area contributed by atoms with E-state index in [-0.39, 0.29) is 16.3 Å². The first-order chi connectivity index (χ1) is 12.1. The Morgan fingerprint density at radius 2 is 1.88 bits per heavy atom. The van der Waals surface area contributed by atoms with Gasteiger partial charge in [-0.2, -0.15) is 13.2 Å². The number of pyridine rings is 1. The summed E-state index contributed by atoms with van der Waals surface area (Å²) in [6.45, 7) is 1.64. The molecule has 0 bridgehead atoms. The molecule has 26 heavy (non-hydrogen) atoms. The van der Waals surface area contributed by atoms with Crippen molar-refractivity contribution in [3.63, 3.8) is 0 Å². The lowest BCUT2D eigenvalue weighted by Crippen LogP contribution is -2.13. The van der Waals surface area contributed by atoms with Gasteiger partial charge in [0.05, 0.1) is 21.2 Å². The summed E-state index contributed by atoms with van der Waals surface area (Å²) in [6.07, 6.45) is -3.39. The van der Waals surface area contributed by atoms with Crippen molar-refractivity contribution in [2.24, 2.45) is 0 Å². The number of aromatic nitrogens is 1. The zero-order chi connectivity index (χ0) is 20.1. The first kappa shape index (κ1) is 21.9. The van der Waals surface area contributed by atoms with E-state index in [1.54, 1.807) is 6.92 Å². The number of halogens is 4. The number of carboxylic acids is 1. The number of aromatic carboxylic acids is 1. The van der Waals surface area contributed by atoms with Crippen molar-refractivity contribution >= 4 is 34.2 Å². The molecule has 142 valence electrons. The number of nitrogens with one attached hydrogen (secondary N) is 1. The smallest absolute Gasteiger partial charge is 0.417 e. The Morgan fingerprint density at radius 3 is 2.42 bits per heavy atom. The fourth-order valence-corrected chi connectivity index (χ4v) is 2.93. The minimum absolute atomic E-state index is 0.0654. The van der Waals surface area contributed by atoms with Crippen molar-refractivity contribution in [2.45, 2.75) is 18.0 Å². The van der Waals surface area contributed by atoms with Crippen LogP contribution in [0.1, 0.15) is 21.6 Å². The van der Waals surface area contributed by atoms with Crippen molar-refractivity contribution in [1.82, 2.24) is 4.98 Å². The van der Waals surface area contributed by atoms with Crippen LogP contribution in [0.2, 0.25) is 5.02 Å². The highest BCUT2D eigenvalue weighted by Gasteiger charge is 2.33. The van der Waals surface area contributed by atoms with Crippen LogP contribution in [-0.2, 0) is 17.2 Å². The Hall–Kier alpha value is -2.17. The van der Waals surface area contributed by atoms with Crippen LogP contribution in [0.5, 0.6) is 0 Å². The van der Waals surface area contributed by atoms with Gasteiger partial charge in [-0.05, 0) is 36.8 Å². The van der Waals surface area contributed by atoms with Crippen LogP contribution in [0.15, 0.2) is 35.4 Å². The van der Waals surface area contributed by atoms with Gasteiger partial charge in [0.25, 0.3) is 0 Å². The lowest BCUT2D eigenvalue weighted by atomic mass is 10.2. The zero-order valence-corrected chi connectivity index (χ0v) is 15.0. The molecule has 1 aromatic heterocycles. The van der Waals surface area contributed by atoms with E-state index in [9.17, 15) is 22.2 Å². The second-order valence-corrected chi connectivity index (χ2v) is 6.34. The molecule has 2 rings (SSSR count). The van der Waals surface area contributed by atoms with Gasteiger partial charge in [-0.3, -0.25) is 4.72 Å². The number of hydrogen-bond acceptors (Lipinski definition) is 4. The predicted octanol–water partition coefficient (Wildman–Crippen LogP) is 3.50. The number of carbonyl (C=O) groups is 1. The van der Waals surface area contributed by atoms with Crippen LogP contribution in [0.4, 0.5) is 18.9 Å². The molecule has 0 aliphatic rings. The first-order valence-electron chi connectivity index (χ1n) is 6.79. The van der Waals surface area contributed by atoms with Crippen molar-refractivity contribution < 1.29 is 32.4 Å². The quantitative estimate of drug-likeness (QED) is 0.716. The molecule has 11 heteroatoms. The van der Waals surface area contributed by atoms with Gasteiger partial charge in [0.1, 0.15) is 11.0 Å². The number of carboxylic acid groups (broad SMARTS) is 1. The summed E-state index contributed by atoms with van der Waals surface area (Å²) in [5.41, 5.74) is -0.993. The monoisotopic (exact) mass is 410 g/mol. The van der Waals surface area contributed by atoms with Crippen molar-refractivity contribution in [3.8, 4) is 0 Å². The molecule has 0 spiro atoms. The van der Waals surface area contributed by atoms with E-state index >= 15 is 0 Å². The molecule has 2 aromatic rings. The van der Waals surface area contributed by atoms with Gasteiger partial charge in [0, 0.05) is 13.3 Å². The molecule has 1 aromatic carbocycles. The second-order valence-electron chi connectivity index (χ2n) is 4.72. The number of nitrogens with zero attached hydrogens (tertiary/aromatic N) is 1. The van der Waals surface area contributed by atoms with Crippen LogP contribution in [0.3, 0.4) is 0 Å². The average Bonchev–Trinajstić information content (AvgIpc) is 2.55. The molecule has 0 fully saturated rings. The number of anilines is 1. The normalized spacial score (nSPS) is 12.0. The number of alkyl halides is 3. The van der Waals surface area contributed by atoms with E-state index in [2.05, 4.69) is 9.71 Å². The van der Waals surface area contributed by atoms with Gasteiger partial charge < -0.3 is 10.2 Å². The highest BCUT2D eigenvalue weighted by atomic mass is 35.5.